The maximum atomic E-state index is 12.8. The number of hydrogen-bond donors (Lipinski definition) is 1. The van der Waals surface area contributed by atoms with Gasteiger partial charge in [0.25, 0.3) is 5.91 Å². The van der Waals surface area contributed by atoms with Crippen molar-refractivity contribution >= 4 is 5.91 Å². The van der Waals surface area contributed by atoms with E-state index in [2.05, 4.69) is 10.2 Å². The molecule has 0 radical (unpaired) electrons. The third-order valence-electron chi connectivity index (χ3n) is 5.50. The molecule has 0 saturated carbocycles. The number of hydrogen-bond acceptors (Lipinski definition) is 5. The predicted molar refractivity (Wildman–Crippen MR) is 113 cm³/mol. The Morgan fingerprint density at radius 1 is 1.03 bits per heavy atom. The van der Waals surface area contributed by atoms with E-state index in [-0.39, 0.29) is 11.9 Å². The molecule has 0 spiro atoms. The van der Waals surface area contributed by atoms with Crippen molar-refractivity contribution in [1.29, 1.82) is 0 Å². The van der Waals surface area contributed by atoms with Gasteiger partial charge in [-0.05, 0) is 54.8 Å². The van der Waals surface area contributed by atoms with Crippen molar-refractivity contribution in [3.8, 4) is 11.5 Å². The SMILES string of the molecule is COc1ccc(C(CNC(=O)c2ccc(C)c(C)c2)N2CCOCC2)cc1OC. The van der Waals surface area contributed by atoms with E-state index >= 15 is 0 Å². The molecule has 0 bridgehead atoms. The first-order chi connectivity index (χ1) is 14.0. The van der Waals surface area contributed by atoms with Gasteiger partial charge in [0.15, 0.2) is 11.5 Å². The second-order valence-electron chi connectivity index (χ2n) is 7.29. The molecule has 0 aliphatic carbocycles. The molecule has 29 heavy (non-hydrogen) atoms. The van der Waals surface area contributed by atoms with Crippen LogP contribution in [-0.4, -0.2) is 57.9 Å². The molecule has 0 aromatic heterocycles. The summed E-state index contributed by atoms with van der Waals surface area (Å²) in [6.07, 6.45) is 0. The number of amides is 1. The van der Waals surface area contributed by atoms with Crippen LogP contribution in [0.25, 0.3) is 0 Å². The highest BCUT2D eigenvalue weighted by Crippen LogP contribution is 2.32. The van der Waals surface area contributed by atoms with E-state index in [1.54, 1.807) is 14.2 Å². The van der Waals surface area contributed by atoms with E-state index in [0.717, 1.165) is 24.2 Å². The number of morpholine rings is 1. The normalized spacial score (nSPS) is 15.6. The molecule has 1 unspecified atom stereocenters. The minimum atomic E-state index is -0.0631. The van der Waals surface area contributed by atoms with Crippen molar-refractivity contribution < 1.29 is 19.0 Å². The molecule has 2 aromatic rings. The third-order valence-corrected chi connectivity index (χ3v) is 5.50. The molecule has 3 rings (SSSR count). The molecule has 1 atom stereocenters. The summed E-state index contributed by atoms with van der Waals surface area (Å²) in [5.74, 6) is 1.31. The Labute approximate surface area is 172 Å². The Hall–Kier alpha value is -2.57. The smallest absolute Gasteiger partial charge is 0.251 e. The number of methoxy groups -OCH3 is 2. The molecule has 1 amide bonds. The van der Waals surface area contributed by atoms with Gasteiger partial charge in [-0.15, -0.1) is 0 Å². The van der Waals surface area contributed by atoms with Gasteiger partial charge in [0, 0.05) is 25.2 Å². The lowest BCUT2D eigenvalue weighted by molar-refractivity contribution is 0.0162. The van der Waals surface area contributed by atoms with Gasteiger partial charge in [0.1, 0.15) is 0 Å². The number of aryl methyl sites for hydroxylation is 2. The van der Waals surface area contributed by atoms with Crippen LogP contribution in [-0.2, 0) is 4.74 Å². The Morgan fingerprint density at radius 3 is 2.41 bits per heavy atom. The standard InChI is InChI=1S/C23H30N2O4/c1-16-5-6-19(13-17(16)2)23(26)24-15-20(25-9-11-29-12-10-25)18-7-8-21(27-3)22(14-18)28-4/h5-8,13-14,20H,9-12,15H2,1-4H3,(H,24,26). The predicted octanol–water partition coefficient (Wildman–Crippen LogP) is 3.12. The van der Waals surface area contributed by atoms with Gasteiger partial charge in [-0.1, -0.05) is 12.1 Å². The lowest BCUT2D eigenvalue weighted by atomic mass is 10.0. The Bertz CT molecular complexity index is 847. The molecule has 1 fully saturated rings. The topological polar surface area (TPSA) is 60.0 Å². The molecule has 1 N–H and O–H groups in total. The first kappa shape index (κ1) is 21.1. The monoisotopic (exact) mass is 398 g/mol. The Morgan fingerprint density at radius 2 is 1.76 bits per heavy atom. The molecule has 2 aromatic carbocycles. The molecular formula is C23H30N2O4. The number of ether oxygens (including phenoxy) is 3. The molecule has 6 heteroatoms. The van der Waals surface area contributed by atoms with E-state index < -0.39 is 0 Å². The maximum absolute atomic E-state index is 12.8. The second-order valence-corrected chi connectivity index (χ2v) is 7.29. The van der Waals surface area contributed by atoms with Gasteiger partial charge < -0.3 is 19.5 Å². The van der Waals surface area contributed by atoms with Gasteiger partial charge in [0.05, 0.1) is 33.5 Å². The van der Waals surface area contributed by atoms with Crippen molar-refractivity contribution in [2.45, 2.75) is 19.9 Å². The number of rotatable bonds is 7. The van der Waals surface area contributed by atoms with Crippen LogP contribution in [0.2, 0.25) is 0 Å². The Kier molecular flexibility index (Phi) is 7.12. The lowest BCUT2D eigenvalue weighted by Gasteiger charge is -2.35. The van der Waals surface area contributed by atoms with E-state index in [9.17, 15) is 4.79 Å². The zero-order valence-electron chi connectivity index (χ0n) is 17.7. The number of nitrogens with zero attached hydrogens (tertiary/aromatic N) is 1. The lowest BCUT2D eigenvalue weighted by Crippen LogP contribution is -2.43. The number of benzene rings is 2. The van der Waals surface area contributed by atoms with Gasteiger partial charge >= 0.3 is 0 Å². The summed E-state index contributed by atoms with van der Waals surface area (Å²) in [5.41, 5.74) is 4.05. The molecule has 1 saturated heterocycles. The van der Waals surface area contributed by atoms with Crippen LogP contribution < -0.4 is 14.8 Å². The second kappa shape index (κ2) is 9.76. The minimum Gasteiger partial charge on any atom is -0.493 e. The van der Waals surface area contributed by atoms with Crippen LogP contribution in [0.15, 0.2) is 36.4 Å². The highest BCUT2D eigenvalue weighted by molar-refractivity contribution is 5.94. The van der Waals surface area contributed by atoms with Crippen molar-refractivity contribution in [3.05, 3.63) is 58.7 Å². The summed E-state index contributed by atoms with van der Waals surface area (Å²) in [6.45, 7) is 7.58. The minimum absolute atomic E-state index is 0.0224. The van der Waals surface area contributed by atoms with Crippen LogP contribution in [0.5, 0.6) is 11.5 Å². The van der Waals surface area contributed by atoms with Gasteiger partial charge in [-0.2, -0.15) is 0 Å². The van der Waals surface area contributed by atoms with E-state index in [4.69, 9.17) is 14.2 Å². The zero-order chi connectivity index (χ0) is 20.8. The van der Waals surface area contributed by atoms with E-state index in [0.29, 0.717) is 36.8 Å². The average Bonchev–Trinajstić information content (AvgIpc) is 2.76. The molecule has 1 aliphatic heterocycles. The quantitative estimate of drug-likeness (QED) is 0.777. The van der Waals surface area contributed by atoms with Crippen LogP contribution in [0.3, 0.4) is 0 Å². The van der Waals surface area contributed by atoms with Crippen LogP contribution in [0.1, 0.15) is 33.1 Å². The summed E-state index contributed by atoms with van der Waals surface area (Å²) in [4.78, 5) is 15.1. The maximum Gasteiger partial charge on any atom is 0.251 e. The molecule has 1 heterocycles. The average molecular weight is 399 g/mol. The van der Waals surface area contributed by atoms with Crippen LogP contribution in [0.4, 0.5) is 0 Å². The first-order valence-corrected chi connectivity index (χ1v) is 9.92. The number of nitrogens with one attached hydrogen (secondary N) is 1. The van der Waals surface area contributed by atoms with Crippen molar-refractivity contribution in [2.75, 3.05) is 47.1 Å². The highest BCUT2D eigenvalue weighted by atomic mass is 16.5. The van der Waals surface area contributed by atoms with Crippen molar-refractivity contribution in [2.24, 2.45) is 0 Å². The van der Waals surface area contributed by atoms with Gasteiger partial charge in [0.2, 0.25) is 0 Å². The van der Waals surface area contributed by atoms with E-state index in [1.165, 1.54) is 5.56 Å². The Balaban J connectivity index is 1.80. The van der Waals surface area contributed by atoms with Gasteiger partial charge in [-0.25, -0.2) is 0 Å². The largest absolute Gasteiger partial charge is 0.493 e. The molecule has 1 aliphatic rings. The fourth-order valence-electron chi connectivity index (χ4n) is 3.58. The number of carbonyl (C=O) groups excluding carboxylic acids is 1. The molecular weight excluding hydrogens is 368 g/mol. The third kappa shape index (κ3) is 5.08. The summed E-state index contributed by atoms with van der Waals surface area (Å²) >= 11 is 0. The fourth-order valence-corrected chi connectivity index (χ4v) is 3.58. The van der Waals surface area contributed by atoms with Crippen molar-refractivity contribution in [1.82, 2.24) is 10.2 Å². The van der Waals surface area contributed by atoms with Crippen molar-refractivity contribution in [3.63, 3.8) is 0 Å². The number of carbonyl (C=O) groups is 1. The summed E-state index contributed by atoms with van der Waals surface area (Å²) in [6, 6.07) is 11.7. The first-order valence-electron chi connectivity index (χ1n) is 9.92. The summed E-state index contributed by atoms with van der Waals surface area (Å²) < 4.78 is 16.4. The van der Waals surface area contributed by atoms with Gasteiger partial charge in [-0.3, -0.25) is 9.69 Å². The summed E-state index contributed by atoms with van der Waals surface area (Å²) in [5, 5.41) is 3.11. The zero-order valence-corrected chi connectivity index (χ0v) is 17.7. The van der Waals surface area contributed by atoms with Crippen LogP contribution in [0, 0.1) is 13.8 Å². The van der Waals surface area contributed by atoms with E-state index in [1.807, 2.05) is 50.2 Å². The fraction of sp³-hybridized carbons (Fsp3) is 0.435. The molecule has 156 valence electrons. The van der Waals surface area contributed by atoms with Crippen LogP contribution >= 0.6 is 0 Å². The molecule has 6 nitrogen and oxygen atoms in total. The summed E-state index contributed by atoms with van der Waals surface area (Å²) in [7, 11) is 3.26. The highest BCUT2D eigenvalue weighted by Gasteiger charge is 2.24.